The maximum absolute atomic E-state index is 13.8. The summed E-state index contributed by atoms with van der Waals surface area (Å²) in [6.45, 7) is 0.628. The van der Waals surface area contributed by atoms with E-state index in [1.54, 1.807) is 44.6 Å². The molecule has 0 saturated heterocycles. The molecular formula is C26H22N2O4. The summed E-state index contributed by atoms with van der Waals surface area (Å²) in [5.41, 5.74) is 3.93. The Hall–Kier alpha value is -4.06. The van der Waals surface area contributed by atoms with Gasteiger partial charge in [0.2, 0.25) is 0 Å². The van der Waals surface area contributed by atoms with Gasteiger partial charge in [0.15, 0.2) is 0 Å². The molecule has 160 valence electrons. The number of rotatable bonds is 5. The molecule has 3 aromatic carbocycles. The number of carbonyl (C=O) groups excluding carboxylic acids is 2. The van der Waals surface area contributed by atoms with Crippen LogP contribution in [0.1, 0.15) is 11.1 Å². The first-order valence-electron chi connectivity index (χ1n) is 10.4. The number of carbonyl (C=O) groups is 2. The zero-order valence-corrected chi connectivity index (χ0v) is 17.9. The molecule has 2 aliphatic heterocycles. The number of hydrogen-bond donors (Lipinski definition) is 0. The Kier molecular flexibility index (Phi) is 4.90. The predicted molar refractivity (Wildman–Crippen MR) is 123 cm³/mol. The van der Waals surface area contributed by atoms with Crippen LogP contribution >= 0.6 is 0 Å². The van der Waals surface area contributed by atoms with Gasteiger partial charge in [-0.3, -0.25) is 9.59 Å². The quantitative estimate of drug-likeness (QED) is 0.576. The Morgan fingerprint density at radius 2 is 1.50 bits per heavy atom. The number of fused-ring (bicyclic) bond motifs is 1. The number of nitrogens with zero attached hydrogens (tertiary/aromatic N) is 2. The third kappa shape index (κ3) is 3.03. The Bertz CT molecular complexity index is 1250. The molecule has 0 spiro atoms. The van der Waals surface area contributed by atoms with E-state index in [0.717, 1.165) is 17.7 Å². The number of methoxy groups -OCH3 is 2. The Balaban J connectivity index is 1.69. The van der Waals surface area contributed by atoms with Crippen molar-refractivity contribution in [3.05, 3.63) is 89.6 Å². The molecule has 0 fully saturated rings. The van der Waals surface area contributed by atoms with E-state index in [2.05, 4.69) is 6.07 Å². The molecule has 32 heavy (non-hydrogen) atoms. The Morgan fingerprint density at radius 3 is 2.25 bits per heavy atom. The van der Waals surface area contributed by atoms with E-state index < -0.39 is 0 Å². The van der Waals surface area contributed by atoms with Gasteiger partial charge in [-0.2, -0.15) is 0 Å². The maximum atomic E-state index is 13.8. The lowest BCUT2D eigenvalue weighted by molar-refractivity contribution is -0.120. The molecule has 0 saturated carbocycles. The van der Waals surface area contributed by atoms with Crippen molar-refractivity contribution in [2.75, 3.05) is 30.6 Å². The molecule has 0 N–H and O–H groups in total. The summed E-state index contributed by atoms with van der Waals surface area (Å²) >= 11 is 0. The summed E-state index contributed by atoms with van der Waals surface area (Å²) in [6.07, 6.45) is 0.808. The van der Waals surface area contributed by atoms with Crippen LogP contribution in [-0.2, 0) is 16.0 Å². The molecule has 0 aromatic heterocycles. The highest BCUT2D eigenvalue weighted by molar-refractivity contribution is 6.46. The molecule has 0 aliphatic carbocycles. The fourth-order valence-corrected chi connectivity index (χ4v) is 4.40. The van der Waals surface area contributed by atoms with Crippen LogP contribution in [0.5, 0.6) is 11.5 Å². The molecule has 2 amide bonds. The third-order valence-corrected chi connectivity index (χ3v) is 5.92. The third-order valence-electron chi connectivity index (χ3n) is 5.92. The van der Waals surface area contributed by atoms with Crippen LogP contribution in [0.15, 0.2) is 78.5 Å². The lowest BCUT2D eigenvalue weighted by atomic mass is 10.0. The van der Waals surface area contributed by atoms with Gasteiger partial charge in [-0.25, -0.2) is 4.90 Å². The summed E-state index contributed by atoms with van der Waals surface area (Å²) < 4.78 is 10.8. The lowest BCUT2D eigenvalue weighted by Gasteiger charge is -2.22. The Morgan fingerprint density at radius 1 is 0.781 bits per heavy atom. The second-order valence-corrected chi connectivity index (χ2v) is 7.60. The minimum Gasteiger partial charge on any atom is -0.497 e. The Labute approximate surface area is 186 Å². The van der Waals surface area contributed by atoms with Crippen molar-refractivity contribution in [3.8, 4) is 11.5 Å². The van der Waals surface area contributed by atoms with Gasteiger partial charge in [0.1, 0.15) is 17.2 Å². The molecule has 6 nitrogen and oxygen atoms in total. The van der Waals surface area contributed by atoms with Crippen molar-refractivity contribution in [2.24, 2.45) is 0 Å². The topological polar surface area (TPSA) is 59.1 Å². The summed E-state index contributed by atoms with van der Waals surface area (Å²) in [6, 6.07) is 22.2. The van der Waals surface area contributed by atoms with Crippen LogP contribution in [0.3, 0.4) is 0 Å². The van der Waals surface area contributed by atoms with Gasteiger partial charge < -0.3 is 14.4 Å². The van der Waals surface area contributed by atoms with E-state index in [9.17, 15) is 9.59 Å². The van der Waals surface area contributed by atoms with Gasteiger partial charge in [-0.15, -0.1) is 0 Å². The van der Waals surface area contributed by atoms with E-state index in [1.165, 1.54) is 4.90 Å². The van der Waals surface area contributed by atoms with E-state index in [-0.39, 0.29) is 11.8 Å². The molecule has 3 aromatic rings. The average molecular weight is 426 g/mol. The number of hydrogen-bond acceptors (Lipinski definition) is 5. The highest BCUT2D eigenvalue weighted by Crippen LogP contribution is 2.42. The molecule has 2 heterocycles. The van der Waals surface area contributed by atoms with Crippen molar-refractivity contribution in [3.63, 3.8) is 0 Å². The summed E-state index contributed by atoms with van der Waals surface area (Å²) in [4.78, 5) is 30.7. The first-order valence-corrected chi connectivity index (χ1v) is 10.4. The second-order valence-electron chi connectivity index (χ2n) is 7.60. The van der Waals surface area contributed by atoms with Crippen LogP contribution < -0.4 is 19.3 Å². The van der Waals surface area contributed by atoms with Gasteiger partial charge in [0, 0.05) is 17.8 Å². The number of benzene rings is 3. The first-order chi connectivity index (χ1) is 15.6. The van der Waals surface area contributed by atoms with Crippen molar-refractivity contribution in [1.29, 1.82) is 0 Å². The van der Waals surface area contributed by atoms with Gasteiger partial charge >= 0.3 is 0 Å². The number of ether oxygens (including phenoxy) is 2. The van der Waals surface area contributed by atoms with Crippen LogP contribution in [0.4, 0.5) is 11.4 Å². The average Bonchev–Trinajstić information content (AvgIpc) is 3.37. The zero-order valence-electron chi connectivity index (χ0n) is 17.9. The molecule has 6 heteroatoms. The fourth-order valence-electron chi connectivity index (χ4n) is 4.40. The highest BCUT2D eigenvalue weighted by Gasteiger charge is 2.44. The number of anilines is 2. The molecular weight excluding hydrogens is 404 g/mol. The minimum absolute atomic E-state index is 0.347. The standard InChI is InChI=1S/C26H22N2O4/c1-31-19-13-11-18(12-14-19)28-25(29)23(20-8-4-6-10-22(20)32-2)24(26(28)30)27-16-15-17-7-3-5-9-21(17)27/h3-14H,15-16H2,1-2H3. The van der Waals surface area contributed by atoms with Crippen LogP contribution in [0.2, 0.25) is 0 Å². The van der Waals surface area contributed by atoms with Crippen molar-refractivity contribution in [1.82, 2.24) is 0 Å². The first kappa shape index (κ1) is 19.9. The van der Waals surface area contributed by atoms with Crippen LogP contribution in [-0.4, -0.2) is 32.6 Å². The second kappa shape index (κ2) is 7.89. The van der Waals surface area contributed by atoms with Gasteiger partial charge in [-0.1, -0.05) is 36.4 Å². The van der Waals surface area contributed by atoms with E-state index in [4.69, 9.17) is 9.47 Å². The predicted octanol–water partition coefficient (Wildman–Crippen LogP) is 4.05. The lowest BCUT2D eigenvalue weighted by Crippen LogP contribution is -2.34. The molecule has 5 rings (SSSR count). The van der Waals surface area contributed by atoms with Crippen molar-refractivity contribution < 1.29 is 19.1 Å². The monoisotopic (exact) mass is 426 g/mol. The minimum atomic E-state index is -0.371. The number of imide groups is 1. The smallest absolute Gasteiger partial charge is 0.282 e. The largest absolute Gasteiger partial charge is 0.497 e. The summed E-state index contributed by atoms with van der Waals surface area (Å²) in [5.74, 6) is 0.478. The molecule has 0 atom stereocenters. The SMILES string of the molecule is COc1ccc(N2C(=O)C(c3ccccc3OC)=C(N3CCc4ccccc43)C2=O)cc1. The summed E-state index contributed by atoms with van der Waals surface area (Å²) in [7, 11) is 3.14. The fraction of sp³-hybridized carbons (Fsp3) is 0.154. The molecule has 0 unspecified atom stereocenters. The molecule has 2 aliphatic rings. The van der Waals surface area contributed by atoms with Gasteiger partial charge in [-0.05, 0) is 48.4 Å². The van der Waals surface area contributed by atoms with Crippen molar-refractivity contribution in [2.45, 2.75) is 6.42 Å². The normalized spacial score (nSPS) is 15.4. The van der Waals surface area contributed by atoms with Crippen molar-refractivity contribution >= 4 is 28.8 Å². The van der Waals surface area contributed by atoms with E-state index >= 15 is 0 Å². The van der Waals surface area contributed by atoms with E-state index in [0.29, 0.717) is 40.6 Å². The summed E-state index contributed by atoms with van der Waals surface area (Å²) in [5, 5.41) is 0. The van der Waals surface area contributed by atoms with Gasteiger partial charge in [0.25, 0.3) is 11.8 Å². The highest BCUT2D eigenvalue weighted by atomic mass is 16.5. The van der Waals surface area contributed by atoms with Crippen LogP contribution in [0, 0.1) is 0 Å². The van der Waals surface area contributed by atoms with Crippen LogP contribution in [0.25, 0.3) is 5.57 Å². The van der Waals surface area contributed by atoms with E-state index in [1.807, 2.05) is 41.3 Å². The number of para-hydroxylation sites is 2. The zero-order chi connectivity index (χ0) is 22.2. The number of amides is 2. The van der Waals surface area contributed by atoms with Gasteiger partial charge in [0.05, 0.1) is 25.5 Å². The molecule has 0 radical (unpaired) electrons. The molecule has 0 bridgehead atoms. The maximum Gasteiger partial charge on any atom is 0.282 e.